The van der Waals surface area contributed by atoms with Gasteiger partial charge in [-0.1, -0.05) is 6.07 Å². The Morgan fingerprint density at radius 1 is 1.08 bits per heavy atom. The minimum atomic E-state index is -4.71. The topological polar surface area (TPSA) is 77.9 Å². The van der Waals surface area contributed by atoms with Crippen LogP contribution >= 0.6 is 0 Å². The molecule has 2 aromatic rings. The number of aromatic nitrogens is 1. The minimum absolute atomic E-state index is 0.0748. The Bertz CT molecular complexity index is 1170. The van der Waals surface area contributed by atoms with Crippen molar-refractivity contribution in [1.29, 1.82) is 0 Å². The number of alkyl halides is 3. The van der Waals surface area contributed by atoms with Gasteiger partial charge >= 0.3 is 6.36 Å². The lowest BCUT2D eigenvalue weighted by molar-refractivity contribution is -0.274. The van der Waals surface area contributed by atoms with E-state index < -0.39 is 12.0 Å². The van der Waals surface area contributed by atoms with E-state index in [9.17, 15) is 23.1 Å². The highest BCUT2D eigenvalue weighted by Crippen LogP contribution is 2.55. The number of hydrogen-bond donors (Lipinski definition) is 2. The van der Waals surface area contributed by atoms with Crippen LogP contribution in [0.15, 0.2) is 42.5 Å². The molecule has 5 aliphatic rings. The van der Waals surface area contributed by atoms with Crippen LogP contribution in [0.3, 0.4) is 0 Å². The number of aliphatic hydroxyl groups is 1. The molecule has 4 aliphatic carbocycles. The highest BCUT2D eigenvalue weighted by Gasteiger charge is 2.55. The molecule has 1 amide bonds. The maximum Gasteiger partial charge on any atom is 0.573 e. The van der Waals surface area contributed by atoms with Gasteiger partial charge in [0.25, 0.3) is 5.91 Å². The van der Waals surface area contributed by atoms with Gasteiger partial charge in [-0.2, -0.15) is 0 Å². The summed E-state index contributed by atoms with van der Waals surface area (Å²) in [4.78, 5) is 22.2. The van der Waals surface area contributed by atoms with E-state index >= 15 is 0 Å². The molecule has 204 valence electrons. The van der Waals surface area contributed by atoms with Crippen molar-refractivity contribution >= 4 is 17.4 Å². The van der Waals surface area contributed by atoms with Crippen LogP contribution in [-0.4, -0.2) is 59.7 Å². The Balaban J connectivity index is 1.09. The van der Waals surface area contributed by atoms with E-state index in [0.717, 1.165) is 43.6 Å². The Morgan fingerprint density at radius 2 is 1.79 bits per heavy atom. The monoisotopic (exact) mass is 530 g/mol. The van der Waals surface area contributed by atoms with Crippen molar-refractivity contribution in [2.24, 2.45) is 17.8 Å². The fraction of sp³-hybridized carbons (Fsp3) is 0.571. The first kappa shape index (κ1) is 25.3. The molecule has 1 saturated heterocycles. The number of carbonyl (C=O) groups excluding carboxylic acids is 1. The number of halogens is 3. The number of ether oxygens (including phenoxy) is 1. The predicted molar refractivity (Wildman–Crippen MR) is 136 cm³/mol. The molecular formula is C28H33F3N4O3. The Labute approximate surface area is 220 Å². The van der Waals surface area contributed by atoms with Gasteiger partial charge in [0.15, 0.2) is 0 Å². The highest BCUT2D eigenvalue weighted by atomic mass is 19.4. The maximum atomic E-state index is 13.2. The van der Waals surface area contributed by atoms with Crippen LogP contribution in [0.1, 0.15) is 49.5 Å². The van der Waals surface area contributed by atoms with E-state index in [1.54, 1.807) is 18.2 Å². The third kappa shape index (κ3) is 5.02. The number of rotatable bonds is 5. The fourth-order valence-electron chi connectivity index (χ4n) is 7.54. The lowest BCUT2D eigenvalue weighted by Gasteiger charge is -2.58. The highest BCUT2D eigenvalue weighted by molar-refractivity contribution is 5.93. The van der Waals surface area contributed by atoms with Gasteiger partial charge in [0, 0.05) is 37.4 Å². The molecule has 2 N–H and O–H groups in total. The van der Waals surface area contributed by atoms with E-state index in [1.165, 1.54) is 12.1 Å². The van der Waals surface area contributed by atoms with Crippen LogP contribution in [0, 0.1) is 17.8 Å². The smallest absolute Gasteiger partial charge is 0.406 e. The van der Waals surface area contributed by atoms with E-state index in [2.05, 4.69) is 26.8 Å². The quantitative estimate of drug-likeness (QED) is 0.598. The zero-order valence-corrected chi connectivity index (χ0v) is 21.3. The van der Waals surface area contributed by atoms with Gasteiger partial charge in [0.1, 0.15) is 17.3 Å². The molecule has 0 radical (unpaired) electrons. The average Bonchev–Trinajstić information content (AvgIpc) is 2.84. The van der Waals surface area contributed by atoms with E-state index in [1.807, 2.05) is 12.1 Å². The van der Waals surface area contributed by atoms with E-state index in [0.29, 0.717) is 43.1 Å². The first-order valence-corrected chi connectivity index (χ1v) is 13.4. The lowest BCUT2D eigenvalue weighted by Crippen LogP contribution is -2.61. The number of nitrogens with one attached hydrogen (secondary N) is 1. The molecule has 10 heteroatoms. The molecule has 5 fully saturated rings. The molecule has 2 heterocycles. The third-order valence-corrected chi connectivity index (χ3v) is 8.86. The normalized spacial score (nSPS) is 32.4. The summed E-state index contributed by atoms with van der Waals surface area (Å²) in [5.74, 6) is 1.58. The third-order valence-electron chi connectivity index (χ3n) is 8.86. The molecule has 1 aromatic carbocycles. The van der Waals surface area contributed by atoms with Gasteiger partial charge in [-0.05, 0) is 93.2 Å². The van der Waals surface area contributed by atoms with Gasteiger partial charge < -0.3 is 25.0 Å². The lowest BCUT2D eigenvalue weighted by atomic mass is 9.52. The molecule has 3 atom stereocenters. The molecule has 7 nitrogen and oxygen atoms in total. The summed E-state index contributed by atoms with van der Waals surface area (Å²) < 4.78 is 41.3. The van der Waals surface area contributed by atoms with Gasteiger partial charge in [-0.15, -0.1) is 13.2 Å². The summed E-state index contributed by atoms with van der Waals surface area (Å²) in [6.07, 6.45) is -0.0871. The van der Waals surface area contributed by atoms with Gasteiger partial charge in [-0.3, -0.25) is 4.79 Å². The number of piperazine rings is 1. The minimum Gasteiger partial charge on any atom is -0.406 e. The molecule has 2 unspecified atom stereocenters. The Hall–Kier alpha value is -3.01. The summed E-state index contributed by atoms with van der Waals surface area (Å²) in [6.45, 7) is 4.05. The number of amides is 1. The molecule has 0 spiro atoms. The first-order valence-electron chi connectivity index (χ1n) is 13.4. The van der Waals surface area contributed by atoms with Crippen LogP contribution in [0.2, 0.25) is 0 Å². The zero-order chi connectivity index (χ0) is 26.7. The maximum absolute atomic E-state index is 13.2. The Kier molecular flexibility index (Phi) is 6.20. The van der Waals surface area contributed by atoms with Gasteiger partial charge in [-0.25, -0.2) is 4.98 Å². The van der Waals surface area contributed by atoms with Crippen molar-refractivity contribution in [3.05, 3.63) is 48.2 Å². The summed E-state index contributed by atoms with van der Waals surface area (Å²) in [6, 6.07) is 11.6. The molecule has 7 rings (SSSR count). The van der Waals surface area contributed by atoms with Crippen molar-refractivity contribution in [2.45, 2.75) is 63.1 Å². The molecule has 1 aromatic heterocycles. The van der Waals surface area contributed by atoms with Crippen LogP contribution in [0.4, 0.5) is 24.7 Å². The SMILES string of the molecule is C[C@@H]1CN(c2ccc(OC(F)(F)F)cc2)CCN1c1cccc(C(=O)NC2C3CC4CC2CC(O)(C4)C3)n1. The number of benzene rings is 1. The summed E-state index contributed by atoms with van der Waals surface area (Å²) in [5.41, 5.74) is 0.685. The van der Waals surface area contributed by atoms with Crippen LogP contribution < -0.4 is 19.9 Å². The summed E-state index contributed by atoms with van der Waals surface area (Å²) in [7, 11) is 0. The molecule has 38 heavy (non-hydrogen) atoms. The number of pyridine rings is 1. The van der Waals surface area contributed by atoms with Crippen LogP contribution in [0.25, 0.3) is 0 Å². The molecule has 4 saturated carbocycles. The fourth-order valence-corrected chi connectivity index (χ4v) is 7.54. The number of anilines is 2. The zero-order valence-electron chi connectivity index (χ0n) is 21.3. The van der Waals surface area contributed by atoms with Crippen molar-refractivity contribution in [1.82, 2.24) is 10.3 Å². The first-order chi connectivity index (χ1) is 18.1. The molecular weight excluding hydrogens is 497 g/mol. The number of carbonyl (C=O) groups is 1. The van der Waals surface area contributed by atoms with Gasteiger partial charge in [0.05, 0.1) is 5.60 Å². The standard InChI is InChI=1S/C28H33F3N4O3/c1-17-16-34(21-5-7-22(8-6-21)38-28(29,30)31)9-10-35(17)24-4-2-3-23(32-24)26(36)33-25-19-11-18-12-20(25)15-27(37,13-18)14-19/h2-8,17-20,25,37H,9-16H2,1H3,(H,33,36)/t17-,18?,19?,20?,25?,27?/m1/s1. The molecule has 1 aliphatic heterocycles. The van der Waals surface area contributed by atoms with Crippen molar-refractivity contribution in [2.75, 3.05) is 29.4 Å². The van der Waals surface area contributed by atoms with Crippen molar-refractivity contribution in [3.63, 3.8) is 0 Å². The second-order valence-corrected chi connectivity index (χ2v) is 11.6. The second kappa shape index (κ2) is 9.32. The number of nitrogens with zero attached hydrogens (tertiary/aromatic N) is 3. The van der Waals surface area contributed by atoms with Crippen molar-refractivity contribution < 1.29 is 27.8 Å². The summed E-state index contributed by atoms with van der Waals surface area (Å²) in [5, 5.41) is 14.1. The second-order valence-electron chi connectivity index (χ2n) is 11.6. The largest absolute Gasteiger partial charge is 0.573 e. The number of hydrogen-bond acceptors (Lipinski definition) is 6. The Morgan fingerprint density at radius 3 is 2.42 bits per heavy atom. The van der Waals surface area contributed by atoms with Gasteiger partial charge in [0.2, 0.25) is 0 Å². The predicted octanol–water partition coefficient (Wildman–Crippen LogP) is 4.36. The summed E-state index contributed by atoms with van der Waals surface area (Å²) >= 11 is 0. The van der Waals surface area contributed by atoms with Crippen LogP contribution in [0.5, 0.6) is 5.75 Å². The van der Waals surface area contributed by atoms with E-state index in [4.69, 9.17) is 4.98 Å². The van der Waals surface area contributed by atoms with Crippen LogP contribution in [-0.2, 0) is 0 Å². The molecule has 4 bridgehead atoms. The van der Waals surface area contributed by atoms with Crippen molar-refractivity contribution in [3.8, 4) is 5.75 Å². The van der Waals surface area contributed by atoms with E-state index in [-0.39, 0.29) is 23.7 Å². The average molecular weight is 531 g/mol.